The van der Waals surface area contributed by atoms with Crippen molar-refractivity contribution in [3.8, 4) is 0 Å². The highest BCUT2D eigenvalue weighted by Crippen LogP contribution is 2.17. The van der Waals surface area contributed by atoms with Gasteiger partial charge in [-0.1, -0.05) is 25.0 Å². The number of para-hydroxylation sites is 1. The Bertz CT molecular complexity index is 907. The van der Waals surface area contributed by atoms with E-state index in [0.29, 0.717) is 36.4 Å². The average molecular weight is 402 g/mol. The van der Waals surface area contributed by atoms with Crippen molar-refractivity contribution in [3.05, 3.63) is 40.4 Å². The fourth-order valence-electron chi connectivity index (χ4n) is 3.63. The summed E-state index contributed by atoms with van der Waals surface area (Å²) in [6.45, 7) is 1.37. The number of quaternary nitrogens is 1. The van der Waals surface area contributed by atoms with E-state index in [2.05, 4.69) is 20.6 Å². The predicted molar refractivity (Wildman–Crippen MR) is 108 cm³/mol. The molecule has 0 spiro atoms. The molecule has 1 fully saturated rings. The highest BCUT2D eigenvalue weighted by atomic mass is 16.5. The molecular formula is C20H28N5O4+. The van der Waals surface area contributed by atoms with Crippen LogP contribution >= 0.6 is 0 Å². The number of hydrogen-bond acceptors (Lipinski definition) is 5. The van der Waals surface area contributed by atoms with Crippen LogP contribution in [0.15, 0.2) is 29.1 Å². The number of benzene rings is 1. The van der Waals surface area contributed by atoms with E-state index in [4.69, 9.17) is 4.74 Å². The van der Waals surface area contributed by atoms with E-state index >= 15 is 0 Å². The smallest absolute Gasteiger partial charge is 0.321 e. The van der Waals surface area contributed by atoms with Gasteiger partial charge >= 0.3 is 6.03 Å². The standard InChI is InChI=1S/C20H27N5O4/c1-29-11-10-25(13-18(26)24-20(28)21-14-6-2-3-7-14)12-17-22-16-9-5-4-8-15(16)19(27)23-17/h4-5,8-9,14H,2-3,6-7,10-13H2,1H3,(H,22,23,27)(H2,21,24,26,28)/p+1. The van der Waals surface area contributed by atoms with Crippen molar-refractivity contribution in [1.82, 2.24) is 20.6 Å². The molecule has 3 amide bonds. The number of aromatic amines is 1. The minimum atomic E-state index is -0.453. The summed E-state index contributed by atoms with van der Waals surface area (Å²) >= 11 is 0. The number of methoxy groups -OCH3 is 1. The summed E-state index contributed by atoms with van der Waals surface area (Å²) in [6.07, 6.45) is 4.11. The SMILES string of the molecule is COCC[NH+](CC(=O)NC(=O)NC1CCCC1)Cc1nc2ccccc2c(=O)[nH]1. The van der Waals surface area contributed by atoms with Crippen molar-refractivity contribution in [2.45, 2.75) is 38.3 Å². The zero-order valence-electron chi connectivity index (χ0n) is 16.6. The van der Waals surface area contributed by atoms with Crippen molar-refractivity contribution >= 4 is 22.8 Å². The number of amides is 3. The third-order valence-electron chi connectivity index (χ3n) is 5.09. The molecule has 1 aromatic carbocycles. The zero-order valence-corrected chi connectivity index (χ0v) is 16.6. The molecule has 2 aromatic rings. The molecule has 0 saturated heterocycles. The molecule has 1 heterocycles. The number of fused-ring (bicyclic) bond motifs is 1. The van der Waals surface area contributed by atoms with E-state index in [-0.39, 0.29) is 24.1 Å². The minimum absolute atomic E-state index is 0.0674. The third-order valence-corrected chi connectivity index (χ3v) is 5.09. The Kier molecular flexibility index (Phi) is 7.31. The summed E-state index contributed by atoms with van der Waals surface area (Å²) in [5, 5.41) is 5.76. The number of urea groups is 1. The molecule has 156 valence electrons. The summed E-state index contributed by atoms with van der Waals surface area (Å²) < 4.78 is 5.13. The molecule has 1 unspecified atom stereocenters. The number of carbonyl (C=O) groups is 2. The quantitative estimate of drug-likeness (QED) is 0.485. The topological polar surface area (TPSA) is 118 Å². The van der Waals surface area contributed by atoms with Crippen LogP contribution in [0.3, 0.4) is 0 Å². The van der Waals surface area contributed by atoms with Crippen molar-refractivity contribution in [2.24, 2.45) is 0 Å². The van der Waals surface area contributed by atoms with E-state index in [1.807, 2.05) is 6.07 Å². The summed E-state index contributed by atoms with van der Waals surface area (Å²) in [5.41, 5.74) is 0.398. The molecule has 1 aliphatic carbocycles. The molecule has 1 atom stereocenters. The summed E-state index contributed by atoms with van der Waals surface area (Å²) in [6, 6.07) is 6.80. The monoisotopic (exact) mass is 402 g/mol. The molecule has 1 aliphatic rings. The van der Waals surface area contributed by atoms with E-state index < -0.39 is 6.03 Å². The lowest BCUT2D eigenvalue weighted by Gasteiger charge is -2.19. The highest BCUT2D eigenvalue weighted by molar-refractivity contribution is 5.94. The second kappa shape index (κ2) is 10.1. The number of nitrogens with zero attached hydrogens (tertiary/aromatic N) is 1. The Labute approximate surface area is 168 Å². The van der Waals surface area contributed by atoms with Crippen LogP contribution in [0, 0.1) is 0 Å². The number of carbonyl (C=O) groups excluding carboxylic acids is 2. The van der Waals surface area contributed by atoms with Crippen LogP contribution in [-0.4, -0.2) is 54.8 Å². The number of hydrogen-bond donors (Lipinski definition) is 4. The molecule has 4 N–H and O–H groups in total. The van der Waals surface area contributed by atoms with Crippen LogP contribution in [0.2, 0.25) is 0 Å². The van der Waals surface area contributed by atoms with Gasteiger partial charge in [0, 0.05) is 13.2 Å². The van der Waals surface area contributed by atoms with Gasteiger partial charge in [0.05, 0.1) is 17.5 Å². The maximum absolute atomic E-state index is 12.3. The van der Waals surface area contributed by atoms with Gasteiger partial charge in [-0.05, 0) is 25.0 Å². The van der Waals surface area contributed by atoms with Gasteiger partial charge in [0.25, 0.3) is 11.5 Å². The molecule has 0 aliphatic heterocycles. The first-order valence-electron chi connectivity index (χ1n) is 9.96. The number of aromatic nitrogens is 2. The van der Waals surface area contributed by atoms with Gasteiger partial charge in [0.1, 0.15) is 13.1 Å². The number of ether oxygens (including phenoxy) is 1. The molecule has 0 bridgehead atoms. The molecule has 9 nitrogen and oxygen atoms in total. The Hall–Kier alpha value is -2.78. The number of H-pyrrole nitrogens is 1. The van der Waals surface area contributed by atoms with Gasteiger partial charge in [-0.15, -0.1) is 0 Å². The van der Waals surface area contributed by atoms with Gasteiger partial charge in [-0.25, -0.2) is 9.78 Å². The van der Waals surface area contributed by atoms with Gasteiger partial charge < -0.3 is 19.9 Å². The van der Waals surface area contributed by atoms with Crippen molar-refractivity contribution in [2.75, 3.05) is 26.8 Å². The van der Waals surface area contributed by atoms with Gasteiger partial charge in [0.15, 0.2) is 12.4 Å². The third kappa shape index (κ3) is 6.10. The van der Waals surface area contributed by atoms with Gasteiger partial charge in [-0.2, -0.15) is 0 Å². The van der Waals surface area contributed by atoms with E-state index in [1.54, 1.807) is 25.3 Å². The maximum Gasteiger partial charge on any atom is 0.321 e. The highest BCUT2D eigenvalue weighted by Gasteiger charge is 2.21. The molecule has 1 aromatic heterocycles. The van der Waals surface area contributed by atoms with E-state index in [9.17, 15) is 14.4 Å². The second-order valence-electron chi connectivity index (χ2n) is 7.38. The van der Waals surface area contributed by atoms with Crippen LogP contribution < -0.4 is 21.1 Å². The molecule has 3 rings (SSSR count). The first-order valence-corrected chi connectivity index (χ1v) is 9.96. The molecule has 0 radical (unpaired) electrons. The molecule has 1 saturated carbocycles. The lowest BCUT2D eigenvalue weighted by molar-refractivity contribution is -0.906. The summed E-state index contributed by atoms with van der Waals surface area (Å²) in [5.74, 6) is 0.109. The normalized spacial score (nSPS) is 15.3. The minimum Gasteiger partial charge on any atom is -0.379 e. The van der Waals surface area contributed by atoms with Crippen LogP contribution in [0.1, 0.15) is 31.5 Å². The van der Waals surface area contributed by atoms with E-state index in [1.165, 1.54) is 0 Å². The van der Waals surface area contributed by atoms with Gasteiger partial charge in [-0.3, -0.25) is 14.9 Å². The number of nitrogens with one attached hydrogen (secondary N) is 4. The Morgan fingerprint density at radius 2 is 2.03 bits per heavy atom. The van der Waals surface area contributed by atoms with Crippen LogP contribution in [0.25, 0.3) is 10.9 Å². The lowest BCUT2D eigenvalue weighted by atomic mass is 10.2. The molecular weight excluding hydrogens is 374 g/mol. The number of rotatable bonds is 8. The lowest BCUT2D eigenvalue weighted by Crippen LogP contribution is -3.12. The maximum atomic E-state index is 12.3. The predicted octanol–water partition coefficient (Wildman–Crippen LogP) is -0.277. The van der Waals surface area contributed by atoms with Gasteiger partial charge in [0.2, 0.25) is 0 Å². The zero-order chi connectivity index (χ0) is 20.6. The van der Waals surface area contributed by atoms with Crippen molar-refractivity contribution < 1.29 is 19.2 Å². The first kappa shape index (κ1) is 20.9. The van der Waals surface area contributed by atoms with Crippen LogP contribution in [0.5, 0.6) is 0 Å². The van der Waals surface area contributed by atoms with E-state index in [0.717, 1.165) is 30.6 Å². The Morgan fingerprint density at radius 1 is 1.28 bits per heavy atom. The summed E-state index contributed by atoms with van der Waals surface area (Å²) in [4.78, 5) is 44.7. The summed E-state index contributed by atoms with van der Waals surface area (Å²) in [7, 11) is 1.59. The van der Waals surface area contributed by atoms with Crippen molar-refractivity contribution in [1.29, 1.82) is 0 Å². The molecule has 29 heavy (non-hydrogen) atoms. The average Bonchev–Trinajstić information content (AvgIpc) is 3.19. The fraction of sp³-hybridized carbons (Fsp3) is 0.500. The fourth-order valence-corrected chi connectivity index (χ4v) is 3.63. The number of imide groups is 1. The Morgan fingerprint density at radius 3 is 2.79 bits per heavy atom. The molecule has 9 heteroatoms. The Balaban J connectivity index is 1.62. The second-order valence-corrected chi connectivity index (χ2v) is 7.38. The largest absolute Gasteiger partial charge is 0.379 e. The van der Waals surface area contributed by atoms with Crippen molar-refractivity contribution in [3.63, 3.8) is 0 Å². The first-order chi connectivity index (χ1) is 14.0. The van der Waals surface area contributed by atoms with Crippen LogP contribution in [0.4, 0.5) is 4.79 Å². The van der Waals surface area contributed by atoms with Crippen LogP contribution in [-0.2, 0) is 16.1 Å².